The first kappa shape index (κ1) is 19.4. The summed E-state index contributed by atoms with van der Waals surface area (Å²) in [6, 6.07) is 7.47. The summed E-state index contributed by atoms with van der Waals surface area (Å²) in [6.07, 6.45) is 5.23. The minimum absolute atomic E-state index is 0.00900. The highest BCUT2D eigenvalue weighted by molar-refractivity contribution is 6.31. The van der Waals surface area contributed by atoms with Crippen LogP contribution >= 0.6 is 11.6 Å². The molecule has 0 N–H and O–H groups in total. The van der Waals surface area contributed by atoms with E-state index < -0.39 is 5.54 Å². The first-order valence-corrected chi connectivity index (χ1v) is 10.1. The van der Waals surface area contributed by atoms with E-state index in [1.165, 1.54) is 0 Å². The van der Waals surface area contributed by atoms with Gasteiger partial charge in [0.05, 0.1) is 6.54 Å². The van der Waals surface area contributed by atoms with Crippen molar-refractivity contribution >= 4 is 23.3 Å². The lowest BCUT2D eigenvalue weighted by atomic mass is 9.74. The second-order valence-electron chi connectivity index (χ2n) is 7.88. The van der Waals surface area contributed by atoms with Gasteiger partial charge in [0.25, 0.3) is 0 Å². The number of piperidine rings is 1. The van der Waals surface area contributed by atoms with Crippen LogP contribution in [0.5, 0.6) is 0 Å². The number of nitrogens with zero attached hydrogens (tertiary/aromatic N) is 2. The summed E-state index contributed by atoms with van der Waals surface area (Å²) in [6.45, 7) is 4.54. The van der Waals surface area contributed by atoms with Crippen molar-refractivity contribution in [2.24, 2.45) is 5.92 Å². The molecule has 0 unspecified atom stereocenters. The predicted molar refractivity (Wildman–Crippen MR) is 104 cm³/mol. The zero-order valence-corrected chi connectivity index (χ0v) is 16.6. The lowest BCUT2D eigenvalue weighted by molar-refractivity contribution is -0.149. The van der Waals surface area contributed by atoms with E-state index in [2.05, 4.69) is 11.8 Å². The number of halogens is 1. The number of ketones is 1. The maximum atomic E-state index is 13.1. The van der Waals surface area contributed by atoms with Gasteiger partial charge in [0.2, 0.25) is 5.91 Å². The number of carbonyl (C=O) groups excluding carboxylic acids is 2. The zero-order chi connectivity index (χ0) is 18.7. The topological polar surface area (TPSA) is 40.6 Å². The Morgan fingerprint density at radius 2 is 1.96 bits per heavy atom. The third-order valence-corrected chi connectivity index (χ3v) is 6.48. The fourth-order valence-corrected chi connectivity index (χ4v) is 4.65. The van der Waals surface area contributed by atoms with Crippen LogP contribution in [-0.2, 0) is 15.1 Å². The predicted octanol–water partition coefficient (Wildman–Crippen LogP) is 3.87. The number of amides is 1. The molecule has 142 valence electrons. The second-order valence-corrected chi connectivity index (χ2v) is 8.29. The number of carbonyl (C=O) groups is 2. The standard InChI is InChI=1S/C21H29ClN2O2/c1-16-10-13-24(14-11-16)15-20(26)23(2)21(12-6-5-9-19(21)25)17-7-3-4-8-18(17)22/h3-4,7-8,16H,5-6,9-15H2,1-2H3/t21-/m0/s1. The summed E-state index contributed by atoms with van der Waals surface area (Å²) in [5.41, 5.74) is -0.147. The molecule has 0 aromatic heterocycles. The largest absolute Gasteiger partial charge is 0.328 e. The molecular formula is C21H29ClN2O2. The van der Waals surface area contributed by atoms with E-state index in [9.17, 15) is 9.59 Å². The number of hydrogen-bond acceptors (Lipinski definition) is 3. The highest BCUT2D eigenvalue weighted by Crippen LogP contribution is 2.42. The molecule has 1 amide bonds. The van der Waals surface area contributed by atoms with Crippen molar-refractivity contribution in [3.8, 4) is 0 Å². The number of likely N-dealkylation sites (N-methyl/N-ethyl adjacent to an activating group) is 1. The average Bonchev–Trinajstić information content (AvgIpc) is 2.64. The van der Waals surface area contributed by atoms with Crippen molar-refractivity contribution in [2.45, 2.75) is 51.0 Å². The number of benzene rings is 1. The molecule has 1 aliphatic heterocycles. The van der Waals surface area contributed by atoms with Gasteiger partial charge in [0.15, 0.2) is 5.78 Å². The van der Waals surface area contributed by atoms with Gasteiger partial charge in [0.1, 0.15) is 5.54 Å². The van der Waals surface area contributed by atoms with Gasteiger partial charge in [-0.15, -0.1) is 0 Å². The Morgan fingerprint density at radius 3 is 2.62 bits per heavy atom. The molecule has 1 saturated heterocycles. The number of Topliss-reactive ketones (excluding diaryl/α,β-unsaturated/α-hetero) is 1. The third-order valence-electron chi connectivity index (χ3n) is 6.15. The first-order valence-electron chi connectivity index (χ1n) is 9.72. The van der Waals surface area contributed by atoms with Crippen molar-refractivity contribution in [1.82, 2.24) is 9.80 Å². The Morgan fingerprint density at radius 1 is 1.27 bits per heavy atom. The van der Waals surface area contributed by atoms with Crippen molar-refractivity contribution in [3.63, 3.8) is 0 Å². The molecule has 0 radical (unpaired) electrons. The number of rotatable bonds is 4. The van der Waals surface area contributed by atoms with Gasteiger partial charge >= 0.3 is 0 Å². The summed E-state index contributed by atoms with van der Waals surface area (Å²) in [7, 11) is 1.78. The van der Waals surface area contributed by atoms with Crippen LogP contribution in [0.3, 0.4) is 0 Å². The van der Waals surface area contributed by atoms with Crippen LogP contribution in [0.15, 0.2) is 24.3 Å². The molecule has 1 saturated carbocycles. The highest BCUT2D eigenvalue weighted by atomic mass is 35.5. The molecule has 26 heavy (non-hydrogen) atoms. The quantitative estimate of drug-likeness (QED) is 0.800. The van der Waals surface area contributed by atoms with E-state index >= 15 is 0 Å². The van der Waals surface area contributed by atoms with E-state index in [-0.39, 0.29) is 11.7 Å². The molecule has 1 aromatic carbocycles. The number of likely N-dealkylation sites (tertiary alicyclic amines) is 1. The van der Waals surface area contributed by atoms with E-state index in [4.69, 9.17) is 11.6 Å². The zero-order valence-electron chi connectivity index (χ0n) is 15.8. The SMILES string of the molecule is CC1CCN(CC(=O)N(C)[C@]2(c3ccccc3Cl)CCCCC2=O)CC1. The summed E-state index contributed by atoms with van der Waals surface area (Å²) >= 11 is 6.47. The van der Waals surface area contributed by atoms with Gasteiger partial charge in [-0.2, -0.15) is 0 Å². The molecule has 1 aromatic rings. The van der Waals surface area contributed by atoms with Gasteiger partial charge in [-0.25, -0.2) is 0 Å². The molecule has 0 spiro atoms. The molecule has 2 aliphatic rings. The van der Waals surface area contributed by atoms with Crippen LogP contribution in [-0.4, -0.2) is 48.2 Å². The smallest absolute Gasteiger partial charge is 0.237 e. The van der Waals surface area contributed by atoms with E-state index in [0.717, 1.165) is 50.3 Å². The Balaban J connectivity index is 1.86. The normalized spacial score (nSPS) is 25.3. The maximum Gasteiger partial charge on any atom is 0.237 e. The van der Waals surface area contributed by atoms with Crippen LogP contribution < -0.4 is 0 Å². The summed E-state index contributed by atoms with van der Waals surface area (Å²) < 4.78 is 0. The van der Waals surface area contributed by atoms with Gasteiger partial charge < -0.3 is 4.90 Å². The lowest BCUT2D eigenvalue weighted by Gasteiger charge is -2.44. The summed E-state index contributed by atoms with van der Waals surface area (Å²) in [5, 5.41) is 0.564. The van der Waals surface area contributed by atoms with Crippen LogP contribution in [0.4, 0.5) is 0 Å². The summed E-state index contributed by atoms with van der Waals surface area (Å²) in [5.74, 6) is 0.850. The number of hydrogen-bond donors (Lipinski definition) is 0. The lowest BCUT2D eigenvalue weighted by Crippen LogP contribution is -2.56. The van der Waals surface area contributed by atoms with Crippen LogP contribution in [0.25, 0.3) is 0 Å². The van der Waals surface area contributed by atoms with Gasteiger partial charge in [-0.3, -0.25) is 14.5 Å². The average molecular weight is 377 g/mol. The Kier molecular flexibility index (Phi) is 6.03. The molecule has 0 bridgehead atoms. The molecule has 1 aliphatic carbocycles. The van der Waals surface area contributed by atoms with Gasteiger partial charge in [-0.05, 0) is 57.2 Å². The molecule has 1 atom stereocenters. The monoisotopic (exact) mass is 376 g/mol. The molecule has 3 rings (SSSR count). The fraction of sp³-hybridized carbons (Fsp3) is 0.619. The van der Waals surface area contributed by atoms with Crippen molar-refractivity contribution in [1.29, 1.82) is 0 Å². The first-order chi connectivity index (χ1) is 12.4. The molecule has 1 heterocycles. The highest BCUT2D eigenvalue weighted by Gasteiger charge is 2.47. The van der Waals surface area contributed by atoms with E-state index in [1.807, 2.05) is 24.3 Å². The Hall–Kier alpha value is -1.39. The fourth-order valence-electron chi connectivity index (χ4n) is 4.36. The van der Waals surface area contributed by atoms with Crippen molar-refractivity contribution in [3.05, 3.63) is 34.9 Å². The third kappa shape index (κ3) is 3.67. The minimum atomic E-state index is -0.920. The molecular weight excluding hydrogens is 348 g/mol. The Labute approximate surface area is 161 Å². The molecule has 5 heteroatoms. The van der Waals surface area contributed by atoms with Crippen LogP contribution in [0.2, 0.25) is 5.02 Å². The van der Waals surface area contributed by atoms with Crippen molar-refractivity contribution < 1.29 is 9.59 Å². The van der Waals surface area contributed by atoms with Gasteiger partial charge in [-0.1, -0.05) is 36.7 Å². The Bertz CT molecular complexity index is 670. The van der Waals surface area contributed by atoms with E-state index in [1.54, 1.807) is 11.9 Å². The van der Waals surface area contributed by atoms with E-state index in [0.29, 0.717) is 24.4 Å². The molecule has 2 fully saturated rings. The maximum absolute atomic E-state index is 13.1. The minimum Gasteiger partial charge on any atom is -0.328 e. The van der Waals surface area contributed by atoms with Crippen LogP contribution in [0, 0.1) is 5.92 Å². The van der Waals surface area contributed by atoms with Crippen LogP contribution in [0.1, 0.15) is 51.0 Å². The van der Waals surface area contributed by atoms with Gasteiger partial charge in [0, 0.05) is 24.1 Å². The molecule has 4 nitrogen and oxygen atoms in total. The second kappa shape index (κ2) is 8.10. The summed E-state index contributed by atoms with van der Waals surface area (Å²) in [4.78, 5) is 30.1. The van der Waals surface area contributed by atoms with Crippen molar-refractivity contribution in [2.75, 3.05) is 26.7 Å².